The van der Waals surface area contributed by atoms with E-state index in [2.05, 4.69) is 111 Å². The summed E-state index contributed by atoms with van der Waals surface area (Å²) < 4.78 is 2.83. The highest BCUT2D eigenvalue weighted by Gasteiger charge is 2.25. The van der Waals surface area contributed by atoms with Gasteiger partial charge in [-0.1, -0.05) is 110 Å². The van der Waals surface area contributed by atoms with Crippen LogP contribution in [0, 0.1) is 5.92 Å². The van der Waals surface area contributed by atoms with Crippen LogP contribution in [0.4, 0.5) is 0 Å². The van der Waals surface area contributed by atoms with Crippen LogP contribution in [-0.2, 0) is 6.42 Å². The molecule has 1 heterocycles. The minimum atomic E-state index is -1.11. The van der Waals surface area contributed by atoms with Gasteiger partial charge in [0.15, 0.2) is 8.80 Å². The van der Waals surface area contributed by atoms with E-state index in [0.717, 1.165) is 6.42 Å². The first-order chi connectivity index (χ1) is 14.7. The minimum absolute atomic E-state index is 0.644. The van der Waals surface area contributed by atoms with Crippen LogP contribution in [0.15, 0.2) is 97.1 Å². The van der Waals surface area contributed by atoms with Gasteiger partial charge in [-0.15, -0.1) is 11.3 Å². The lowest BCUT2D eigenvalue weighted by atomic mass is 10.0. The summed E-state index contributed by atoms with van der Waals surface area (Å²) in [6, 6.07) is 36.1. The first kappa shape index (κ1) is 19.3. The zero-order valence-corrected chi connectivity index (χ0v) is 19.2. The van der Waals surface area contributed by atoms with Crippen molar-refractivity contribution in [1.29, 1.82) is 0 Å². The Bertz CT molecular complexity index is 1300. The van der Waals surface area contributed by atoms with E-state index in [1.54, 1.807) is 0 Å². The molecule has 0 aliphatic carbocycles. The molecule has 1 radical (unpaired) electrons. The Labute approximate surface area is 184 Å². The number of thiophene rings is 1. The summed E-state index contributed by atoms with van der Waals surface area (Å²) in [5.74, 6) is 0.644. The van der Waals surface area contributed by atoms with E-state index in [1.165, 1.54) is 41.3 Å². The van der Waals surface area contributed by atoms with Gasteiger partial charge in [-0.3, -0.25) is 0 Å². The average molecular weight is 422 g/mol. The third kappa shape index (κ3) is 3.51. The molecule has 0 saturated heterocycles. The van der Waals surface area contributed by atoms with Gasteiger partial charge in [0.1, 0.15) is 0 Å². The van der Waals surface area contributed by atoms with Gasteiger partial charge in [0.2, 0.25) is 0 Å². The van der Waals surface area contributed by atoms with Crippen molar-refractivity contribution < 1.29 is 0 Å². The maximum Gasteiger partial charge on any atom is 0.156 e. The van der Waals surface area contributed by atoms with E-state index in [1.807, 2.05) is 11.3 Å². The summed E-state index contributed by atoms with van der Waals surface area (Å²) >= 11 is 1.95. The summed E-state index contributed by atoms with van der Waals surface area (Å²) in [6.45, 7) is 4.64. The molecule has 0 aliphatic rings. The molecule has 0 amide bonds. The molecule has 5 aromatic rings. The SMILES string of the molecule is CC(C)Cc1ccccc1[Si](c1ccccc1)c1cccc2c1sc1ccccc12. The van der Waals surface area contributed by atoms with Crippen molar-refractivity contribution in [2.24, 2.45) is 5.92 Å². The van der Waals surface area contributed by atoms with E-state index in [-0.39, 0.29) is 0 Å². The summed E-state index contributed by atoms with van der Waals surface area (Å²) in [6.07, 6.45) is 1.12. The standard InChI is InChI=1S/C28H25SSi/c1-20(2)19-21-11-6-9-17-26(21)30(22-12-4-3-5-13-22)27-18-10-15-24-23-14-7-8-16-25(23)29-28(24)27/h3-18,20H,19H2,1-2H3. The maximum absolute atomic E-state index is 2.38. The predicted octanol–water partition coefficient (Wildman–Crippen LogP) is 5.77. The molecular weight excluding hydrogens is 396 g/mol. The fraction of sp³-hybridized carbons (Fsp3) is 0.143. The number of hydrogen-bond acceptors (Lipinski definition) is 1. The lowest BCUT2D eigenvalue weighted by Crippen LogP contribution is -2.53. The van der Waals surface area contributed by atoms with E-state index < -0.39 is 8.80 Å². The molecule has 0 fully saturated rings. The molecule has 0 nitrogen and oxygen atoms in total. The molecule has 30 heavy (non-hydrogen) atoms. The second-order valence-corrected chi connectivity index (χ2v) is 11.7. The number of rotatable bonds is 5. The van der Waals surface area contributed by atoms with Crippen LogP contribution in [0.2, 0.25) is 0 Å². The zero-order chi connectivity index (χ0) is 20.5. The van der Waals surface area contributed by atoms with Crippen LogP contribution in [0.25, 0.3) is 20.2 Å². The largest absolute Gasteiger partial charge is 0.156 e. The molecular formula is C28H25SSi. The molecule has 1 aromatic heterocycles. The molecule has 0 unspecified atom stereocenters. The van der Waals surface area contributed by atoms with E-state index in [9.17, 15) is 0 Å². The van der Waals surface area contributed by atoms with Crippen molar-refractivity contribution in [1.82, 2.24) is 0 Å². The van der Waals surface area contributed by atoms with Crippen LogP contribution in [0.1, 0.15) is 19.4 Å². The number of hydrogen-bond donors (Lipinski definition) is 0. The van der Waals surface area contributed by atoms with Gasteiger partial charge in [-0.25, -0.2) is 0 Å². The minimum Gasteiger partial charge on any atom is -0.135 e. The summed E-state index contributed by atoms with van der Waals surface area (Å²) in [7, 11) is -1.11. The fourth-order valence-electron chi connectivity index (χ4n) is 4.39. The van der Waals surface area contributed by atoms with Crippen molar-refractivity contribution in [2.45, 2.75) is 20.3 Å². The van der Waals surface area contributed by atoms with Crippen LogP contribution in [0.5, 0.6) is 0 Å². The van der Waals surface area contributed by atoms with Crippen molar-refractivity contribution >= 4 is 55.9 Å². The Balaban J connectivity index is 1.80. The smallest absolute Gasteiger partial charge is 0.135 e. The molecule has 147 valence electrons. The molecule has 0 saturated carbocycles. The Kier molecular flexibility index (Phi) is 5.28. The topological polar surface area (TPSA) is 0 Å². The average Bonchev–Trinajstić information content (AvgIpc) is 3.15. The highest BCUT2D eigenvalue weighted by atomic mass is 32.1. The van der Waals surface area contributed by atoms with Crippen molar-refractivity contribution in [3.63, 3.8) is 0 Å². The third-order valence-corrected chi connectivity index (χ3v) is 9.94. The van der Waals surface area contributed by atoms with E-state index >= 15 is 0 Å². The lowest BCUT2D eigenvalue weighted by Gasteiger charge is -2.21. The molecule has 5 rings (SSSR count). The summed E-state index contributed by atoms with van der Waals surface area (Å²) in [5.41, 5.74) is 1.50. The van der Waals surface area contributed by atoms with Crippen LogP contribution in [0.3, 0.4) is 0 Å². The number of benzene rings is 4. The van der Waals surface area contributed by atoms with Gasteiger partial charge in [0.05, 0.1) is 0 Å². The number of fused-ring (bicyclic) bond motifs is 3. The van der Waals surface area contributed by atoms with Gasteiger partial charge in [0.25, 0.3) is 0 Å². The quantitative estimate of drug-likeness (QED) is 0.250. The highest BCUT2D eigenvalue weighted by Crippen LogP contribution is 2.32. The molecule has 0 bridgehead atoms. The lowest BCUT2D eigenvalue weighted by molar-refractivity contribution is 0.649. The summed E-state index contributed by atoms with van der Waals surface area (Å²) in [5, 5.41) is 7.29. The van der Waals surface area contributed by atoms with E-state index in [0.29, 0.717) is 5.92 Å². The van der Waals surface area contributed by atoms with Gasteiger partial charge in [-0.2, -0.15) is 0 Å². The predicted molar refractivity (Wildman–Crippen MR) is 135 cm³/mol. The molecule has 0 aliphatic heterocycles. The van der Waals surface area contributed by atoms with E-state index in [4.69, 9.17) is 0 Å². The molecule has 0 spiro atoms. The molecule has 2 heteroatoms. The normalized spacial score (nSPS) is 11.7. The van der Waals surface area contributed by atoms with Crippen LogP contribution in [-0.4, -0.2) is 8.80 Å². The van der Waals surface area contributed by atoms with Gasteiger partial charge >= 0.3 is 0 Å². The Morgan fingerprint density at radius 1 is 0.667 bits per heavy atom. The summed E-state index contributed by atoms with van der Waals surface area (Å²) in [4.78, 5) is 0. The third-order valence-electron chi connectivity index (χ3n) is 5.65. The van der Waals surface area contributed by atoms with Crippen molar-refractivity contribution in [2.75, 3.05) is 0 Å². The zero-order valence-electron chi connectivity index (χ0n) is 17.4. The fourth-order valence-corrected chi connectivity index (χ4v) is 8.80. The second kappa shape index (κ2) is 8.21. The van der Waals surface area contributed by atoms with Gasteiger partial charge in [-0.05, 0) is 34.3 Å². The van der Waals surface area contributed by atoms with Crippen molar-refractivity contribution in [3.05, 3.63) is 103 Å². The Hall–Kier alpha value is -2.68. The first-order valence-electron chi connectivity index (χ1n) is 10.6. The van der Waals surface area contributed by atoms with Crippen LogP contribution < -0.4 is 15.6 Å². The molecule has 4 aromatic carbocycles. The Morgan fingerprint density at radius 2 is 1.33 bits per heavy atom. The van der Waals surface area contributed by atoms with Crippen molar-refractivity contribution in [3.8, 4) is 0 Å². The molecule has 0 N–H and O–H groups in total. The van der Waals surface area contributed by atoms with Gasteiger partial charge < -0.3 is 0 Å². The first-order valence-corrected chi connectivity index (χ1v) is 13.0. The maximum atomic E-state index is 2.38. The van der Waals surface area contributed by atoms with Gasteiger partial charge in [0, 0.05) is 20.2 Å². The second-order valence-electron chi connectivity index (χ2n) is 8.28. The highest BCUT2D eigenvalue weighted by molar-refractivity contribution is 7.27. The monoisotopic (exact) mass is 421 g/mol. The Morgan fingerprint density at radius 3 is 2.17 bits per heavy atom. The molecule has 0 atom stereocenters. The van der Waals surface area contributed by atoms with Crippen LogP contribution >= 0.6 is 11.3 Å².